The molecule has 0 unspecified atom stereocenters. The van der Waals surface area contributed by atoms with Crippen LogP contribution in [-0.4, -0.2) is 19.7 Å². The number of imidazole rings is 1. The van der Waals surface area contributed by atoms with Gasteiger partial charge in [0.2, 0.25) is 5.95 Å². The highest BCUT2D eigenvalue weighted by Gasteiger charge is 2.25. The summed E-state index contributed by atoms with van der Waals surface area (Å²) in [6.07, 6.45) is 1.23. The summed E-state index contributed by atoms with van der Waals surface area (Å²) in [7, 11) is 0. The van der Waals surface area contributed by atoms with E-state index in [-0.39, 0.29) is 16.8 Å². The summed E-state index contributed by atoms with van der Waals surface area (Å²) < 4.78 is 14.6. The van der Waals surface area contributed by atoms with Gasteiger partial charge in [-0.25, -0.2) is 9.37 Å². The lowest BCUT2D eigenvalue weighted by molar-refractivity contribution is 0.552. The molecule has 2 aromatic carbocycles. The molecule has 4 aromatic rings. The normalized spacial score (nSPS) is 12.0. The molecule has 0 aliphatic rings. The van der Waals surface area contributed by atoms with Gasteiger partial charge in [0, 0.05) is 16.7 Å². The van der Waals surface area contributed by atoms with E-state index in [9.17, 15) is 9.18 Å². The highest BCUT2D eigenvalue weighted by Crippen LogP contribution is 2.24. The first-order chi connectivity index (χ1) is 13.3. The van der Waals surface area contributed by atoms with Gasteiger partial charge >= 0.3 is 0 Å². The van der Waals surface area contributed by atoms with Gasteiger partial charge in [-0.05, 0) is 42.7 Å². The van der Waals surface area contributed by atoms with Crippen LogP contribution in [0.5, 0.6) is 0 Å². The van der Waals surface area contributed by atoms with Gasteiger partial charge in [0.1, 0.15) is 5.82 Å². The number of benzene rings is 2. The number of hydrogen-bond donors (Lipinski definition) is 2. The third-order valence-electron chi connectivity index (χ3n) is 4.90. The van der Waals surface area contributed by atoms with Crippen molar-refractivity contribution in [3.05, 3.63) is 81.5 Å². The Hall–Kier alpha value is -3.15. The molecular formula is C22H23FN4O. The van der Waals surface area contributed by atoms with Crippen molar-refractivity contribution < 1.29 is 4.39 Å². The topological polar surface area (TPSA) is 66.5 Å². The van der Waals surface area contributed by atoms with Gasteiger partial charge in [0.15, 0.2) is 0 Å². The quantitative estimate of drug-likeness (QED) is 0.557. The van der Waals surface area contributed by atoms with Crippen molar-refractivity contribution in [2.45, 2.75) is 39.0 Å². The van der Waals surface area contributed by atoms with Gasteiger partial charge in [-0.1, -0.05) is 45.0 Å². The predicted molar refractivity (Wildman–Crippen MR) is 109 cm³/mol. The van der Waals surface area contributed by atoms with Crippen LogP contribution in [0.2, 0.25) is 0 Å². The number of halogens is 1. The van der Waals surface area contributed by atoms with E-state index in [0.717, 1.165) is 27.9 Å². The van der Waals surface area contributed by atoms with E-state index < -0.39 is 0 Å². The molecule has 0 saturated carbocycles. The van der Waals surface area contributed by atoms with Crippen LogP contribution in [-0.2, 0) is 18.3 Å². The molecule has 0 aliphatic carbocycles. The zero-order chi connectivity index (χ0) is 19.9. The average molecular weight is 378 g/mol. The van der Waals surface area contributed by atoms with E-state index in [2.05, 4.69) is 35.8 Å². The summed E-state index contributed by atoms with van der Waals surface area (Å²) in [4.78, 5) is 20.9. The van der Waals surface area contributed by atoms with E-state index in [0.29, 0.717) is 18.8 Å². The van der Waals surface area contributed by atoms with Crippen LogP contribution in [0.4, 0.5) is 4.39 Å². The third-order valence-corrected chi connectivity index (χ3v) is 4.90. The fraction of sp³-hybridized carbons (Fsp3) is 0.273. The summed E-state index contributed by atoms with van der Waals surface area (Å²) in [5, 5.41) is 3.26. The molecule has 0 spiro atoms. The number of aryl methyl sites for hydroxylation is 1. The highest BCUT2D eigenvalue weighted by atomic mass is 19.1. The molecule has 2 aromatic heterocycles. The maximum atomic E-state index is 13.2. The van der Waals surface area contributed by atoms with Crippen molar-refractivity contribution in [1.82, 2.24) is 19.7 Å². The molecule has 5 nitrogen and oxygen atoms in total. The standard InChI is InChI=1S/C22H23FN4O/c1-22(2,3)19-16(13-10-14-8-11-15(23)12-9-14)20(28)27(26-19)21-24-17-6-4-5-7-18(17)25-21/h4-9,11-12,26H,10,13H2,1-3H3,(H,24,25). The third kappa shape index (κ3) is 3.38. The second kappa shape index (κ2) is 6.78. The maximum Gasteiger partial charge on any atom is 0.277 e. The molecule has 0 aliphatic heterocycles. The minimum atomic E-state index is -0.256. The van der Waals surface area contributed by atoms with Gasteiger partial charge in [-0.2, -0.15) is 4.68 Å². The summed E-state index contributed by atoms with van der Waals surface area (Å²) in [6.45, 7) is 6.22. The Bertz CT molecular complexity index is 1140. The molecule has 2 heterocycles. The Morgan fingerprint density at radius 2 is 1.75 bits per heavy atom. The summed E-state index contributed by atoms with van der Waals surface area (Å²) in [5.74, 6) is 0.220. The average Bonchev–Trinajstić information content (AvgIpc) is 3.22. The lowest BCUT2D eigenvalue weighted by Gasteiger charge is -2.18. The molecule has 0 fully saturated rings. The van der Waals surface area contributed by atoms with E-state index in [4.69, 9.17) is 0 Å². The fourth-order valence-corrected chi connectivity index (χ4v) is 3.44. The van der Waals surface area contributed by atoms with Gasteiger partial charge < -0.3 is 4.98 Å². The molecule has 2 N–H and O–H groups in total. The van der Waals surface area contributed by atoms with Crippen molar-refractivity contribution in [1.29, 1.82) is 0 Å². The largest absolute Gasteiger partial charge is 0.322 e. The molecule has 144 valence electrons. The zero-order valence-corrected chi connectivity index (χ0v) is 16.2. The fourth-order valence-electron chi connectivity index (χ4n) is 3.44. The molecular weight excluding hydrogens is 355 g/mol. The van der Waals surface area contributed by atoms with Crippen LogP contribution in [0.25, 0.3) is 17.0 Å². The first-order valence-corrected chi connectivity index (χ1v) is 9.37. The highest BCUT2D eigenvalue weighted by molar-refractivity contribution is 5.75. The predicted octanol–water partition coefficient (Wildman–Crippen LogP) is 4.26. The number of nitrogens with zero attached hydrogens (tertiary/aromatic N) is 2. The molecule has 0 amide bonds. The number of rotatable bonds is 4. The van der Waals surface area contributed by atoms with Gasteiger partial charge in [-0.15, -0.1) is 0 Å². The Balaban J connectivity index is 1.74. The van der Waals surface area contributed by atoms with Crippen LogP contribution in [0.3, 0.4) is 0 Å². The Morgan fingerprint density at radius 3 is 2.43 bits per heavy atom. The van der Waals surface area contributed by atoms with Crippen LogP contribution in [0.1, 0.15) is 37.6 Å². The molecule has 0 saturated heterocycles. The smallest absolute Gasteiger partial charge is 0.277 e. The first-order valence-electron chi connectivity index (χ1n) is 9.37. The minimum absolute atomic E-state index is 0.105. The summed E-state index contributed by atoms with van der Waals surface area (Å²) >= 11 is 0. The van der Waals surface area contributed by atoms with E-state index in [1.807, 2.05) is 24.3 Å². The van der Waals surface area contributed by atoms with Crippen molar-refractivity contribution >= 4 is 11.0 Å². The number of hydrogen-bond acceptors (Lipinski definition) is 2. The van der Waals surface area contributed by atoms with Crippen molar-refractivity contribution in [2.75, 3.05) is 0 Å². The molecule has 0 bridgehead atoms. The van der Waals surface area contributed by atoms with Crippen LogP contribution in [0.15, 0.2) is 53.3 Å². The Labute approximate surface area is 162 Å². The lowest BCUT2D eigenvalue weighted by Crippen LogP contribution is -2.19. The number of H-pyrrole nitrogens is 2. The van der Waals surface area contributed by atoms with E-state index in [1.165, 1.54) is 16.8 Å². The second-order valence-electron chi connectivity index (χ2n) is 8.06. The second-order valence-corrected chi connectivity index (χ2v) is 8.06. The van der Waals surface area contributed by atoms with Crippen LogP contribution in [0, 0.1) is 5.82 Å². The molecule has 0 radical (unpaired) electrons. The number of fused-ring (bicyclic) bond motifs is 1. The number of aromatic amines is 2. The summed E-state index contributed by atoms with van der Waals surface area (Å²) in [6, 6.07) is 14.1. The van der Waals surface area contributed by atoms with Gasteiger partial charge in [0.25, 0.3) is 5.56 Å². The summed E-state index contributed by atoms with van der Waals surface area (Å²) in [5.41, 5.74) is 3.98. The molecule has 0 atom stereocenters. The molecule has 28 heavy (non-hydrogen) atoms. The lowest BCUT2D eigenvalue weighted by atomic mass is 9.88. The zero-order valence-electron chi connectivity index (χ0n) is 16.2. The first kappa shape index (κ1) is 18.2. The molecule has 6 heteroatoms. The van der Waals surface area contributed by atoms with E-state index >= 15 is 0 Å². The van der Waals surface area contributed by atoms with Crippen LogP contribution < -0.4 is 5.56 Å². The van der Waals surface area contributed by atoms with Crippen molar-refractivity contribution in [2.24, 2.45) is 0 Å². The van der Waals surface area contributed by atoms with Gasteiger partial charge in [-0.3, -0.25) is 9.89 Å². The Kier molecular flexibility index (Phi) is 4.41. The van der Waals surface area contributed by atoms with Gasteiger partial charge in [0.05, 0.1) is 11.0 Å². The maximum absolute atomic E-state index is 13.2. The number of nitrogens with one attached hydrogen (secondary N) is 2. The minimum Gasteiger partial charge on any atom is -0.322 e. The number of para-hydroxylation sites is 2. The monoisotopic (exact) mass is 378 g/mol. The molecule has 4 rings (SSSR count). The Morgan fingerprint density at radius 1 is 1.04 bits per heavy atom. The van der Waals surface area contributed by atoms with Crippen molar-refractivity contribution in [3.8, 4) is 5.95 Å². The SMILES string of the molecule is CC(C)(C)c1[nH]n(-c2nc3ccccc3[nH]2)c(=O)c1CCc1ccc(F)cc1. The van der Waals surface area contributed by atoms with Crippen molar-refractivity contribution in [3.63, 3.8) is 0 Å². The van der Waals surface area contributed by atoms with Crippen LogP contribution >= 0.6 is 0 Å². The number of aromatic nitrogens is 4. The van der Waals surface area contributed by atoms with E-state index in [1.54, 1.807) is 12.1 Å².